The molecule has 0 aliphatic heterocycles. The highest BCUT2D eigenvalue weighted by Crippen LogP contribution is 2.27. The Morgan fingerprint density at radius 1 is 1.12 bits per heavy atom. The molecule has 0 aliphatic rings. The molecule has 138 valence electrons. The van der Waals surface area contributed by atoms with E-state index in [2.05, 4.69) is 9.82 Å². The number of hydrogen-bond acceptors (Lipinski definition) is 6. The van der Waals surface area contributed by atoms with Gasteiger partial charge in [-0.05, 0) is 13.0 Å². The lowest BCUT2D eigenvalue weighted by atomic mass is 10.3. The number of aryl methyl sites for hydroxylation is 1. The highest BCUT2D eigenvalue weighted by atomic mass is 32.2. The number of benzene rings is 1. The number of ether oxygens (including phenoxy) is 2. The first-order chi connectivity index (χ1) is 12.4. The van der Waals surface area contributed by atoms with Crippen molar-refractivity contribution in [2.24, 2.45) is 0 Å². The van der Waals surface area contributed by atoms with E-state index in [0.29, 0.717) is 18.0 Å². The lowest BCUT2D eigenvalue weighted by Crippen LogP contribution is -2.23. The van der Waals surface area contributed by atoms with E-state index in [1.807, 2.05) is 0 Å². The number of anilines is 1. The Morgan fingerprint density at radius 2 is 1.77 bits per heavy atom. The maximum Gasteiger partial charge on any atom is 0.291 e. The van der Waals surface area contributed by atoms with Gasteiger partial charge in [-0.15, -0.1) is 0 Å². The molecule has 0 radical (unpaired) electrons. The van der Waals surface area contributed by atoms with Gasteiger partial charge in [0.25, 0.3) is 15.6 Å². The number of hydrogen-bond donors (Lipinski definition) is 1. The molecule has 0 amide bonds. The van der Waals surface area contributed by atoms with Crippen LogP contribution < -0.4 is 19.8 Å². The zero-order chi connectivity index (χ0) is 18.9. The number of methoxy groups -OCH3 is 2. The van der Waals surface area contributed by atoms with Gasteiger partial charge in [-0.1, -0.05) is 0 Å². The Balaban J connectivity index is 2.02. The van der Waals surface area contributed by atoms with Crippen LogP contribution in [0.15, 0.2) is 46.5 Å². The van der Waals surface area contributed by atoms with Crippen molar-refractivity contribution in [3.05, 3.63) is 47.1 Å². The Bertz CT molecular complexity index is 1100. The van der Waals surface area contributed by atoms with E-state index in [9.17, 15) is 13.2 Å². The molecule has 3 aromatic rings. The number of nitrogens with one attached hydrogen (secondary N) is 1. The molecule has 2 aromatic heterocycles. The molecule has 0 saturated heterocycles. The minimum Gasteiger partial charge on any atom is -0.497 e. The van der Waals surface area contributed by atoms with Gasteiger partial charge in [0.1, 0.15) is 28.2 Å². The van der Waals surface area contributed by atoms with E-state index in [4.69, 9.17) is 9.47 Å². The highest BCUT2D eigenvalue weighted by molar-refractivity contribution is 7.92. The quantitative estimate of drug-likeness (QED) is 0.694. The minimum absolute atomic E-state index is 0.0490. The molecule has 3 rings (SSSR count). The van der Waals surface area contributed by atoms with Crippen LogP contribution in [0.4, 0.5) is 5.69 Å². The number of sulfonamides is 1. The second-order valence-electron chi connectivity index (χ2n) is 5.43. The monoisotopic (exact) mass is 378 g/mol. The lowest BCUT2D eigenvalue weighted by Gasteiger charge is -2.10. The summed E-state index contributed by atoms with van der Waals surface area (Å²) >= 11 is 0. The van der Waals surface area contributed by atoms with Crippen LogP contribution in [0.3, 0.4) is 0 Å². The Morgan fingerprint density at radius 3 is 2.35 bits per heavy atom. The normalized spacial score (nSPS) is 11.5. The molecule has 0 bridgehead atoms. The molecule has 0 unspecified atom stereocenters. The largest absolute Gasteiger partial charge is 0.497 e. The van der Waals surface area contributed by atoms with Crippen LogP contribution in [0.1, 0.15) is 6.92 Å². The Kier molecular flexibility index (Phi) is 4.60. The van der Waals surface area contributed by atoms with Crippen LogP contribution in [0.25, 0.3) is 5.52 Å². The number of nitrogens with zero attached hydrogens (tertiary/aromatic N) is 3. The summed E-state index contributed by atoms with van der Waals surface area (Å²) in [4.78, 5) is 12.2. The third kappa shape index (κ3) is 3.23. The van der Waals surface area contributed by atoms with Crippen molar-refractivity contribution in [3.8, 4) is 11.5 Å². The fourth-order valence-electron chi connectivity index (χ4n) is 2.48. The van der Waals surface area contributed by atoms with E-state index >= 15 is 0 Å². The standard InChI is InChI=1S/C16H18N4O5S/c1-4-20-16(21)15-8-14(9-19(15)10-17-20)26(22,23)18-11-5-12(24-2)7-13(6-11)25-3/h5-10,18H,4H2,1-3H3. The summed E-state index contributed by atoms with van der Waals surface area (Å²) < 4.78 is 40.8. The molecule has 9 nitrogen and oxygen atoms in total. The first-order valence-corrected chi connectivity index (χ1v) is 9.20. The fraction of sp³-hybridized carbons (Fsp3) is 0.250. The SMILES string of the molecule is CCn1ncn2cc(S(=O)(=O)Nc3cc(OC)cc(OC)c3)cc2c1=O. The molecule has 10 heteroatoms. The second-order valence-corrected chi connectivity index (χ2v) is 7.11. The van der Waals surface area contributed by atoms with E-state index in [1.165, 1.54) is 54.0 Å². The van der Waals surface area contributed by atoms with Gasteiger partial charge in [-0.3, -0.25) is 13.9 Å². The molecular weight excluding hydrogens is 360 g/mol. The van der Waals surface area contributed by atoms with Gasteiger partial charge >= 0.3 is 0 Å². The molecule has 0 fully saturated rings. The number of aromatic nitrogens is 3. The average Bonchev–Trinajstić information content (AvgIpc) is 3.07. The molecule has 26 heavy (non-hydrogen) atoms. The van der Waals surface area contributed by atoms with Crippen molar-refractivity contribution in [2.45, 2.75) is 18.4 Å². The molecule has 0 saturated carbocycles. The summed E-state index contributed by atoms with van der Waals surface area (Å²) in [6, 6.07) is 6.00. The van der Waals surface area contributed by atoms with Crippen LogP contribution in [-0.2, 0) is 16.6 Å². The van der Waals surface area contributed by atoms with Gasteiger partial charge in [-0.2, -0.15) is 5.10 Å². The van der Waals surface area contributed by atoms with Crippen molar-refractivity contribution in [2.75, 3.05) is 18.9 Å². The van der Waals surface area contributed by atoms with E-state index in [1.54, 1.807) is 13.0 Å². The predicted molar refractivity (Wildman–Crippen MR) is 95.5 cm³/mol. The third-order valence-electron chi connectivity index (χ3n) is 3.81. The average molecular weight is 378 g/mol. The molecule has 0 atom stereocenters. The van der Waals surface area contributed by atoms with E-state index in [-0.39, 0.29) is 21.7 Å². The summed E-state index contributed by atoms with van der Waals surface area (Å²) in [6.07, 6.45) is 2.73. The molecule has 1 N–H and O–H groups in total. The van der Waals surface area contributed by atoms with Crippen LogP contribution >= 0.6 is 0 Å². The summed E-state index contributed by atoms with van der Waals surface area (Å²) in [6.45, 7) is 2.17. The van der Waals surface area contributed by atoms with Gasteiger partial charge in [0.15, 0.2) is 0 Å². The molecular formula is C16H18N4O5S. The summed E-state index contributed by atoms with van der Waals surface area (Å²) in [5.74, 6) is 0.887. The van der Waals surface area contributed by atoms with Gasteiger partial charge in [0.2, 0.25) is 0 Å². The maximum absolute atomic E-state index is 12.7. The Labute approximate surface area is 149 Å². The molecule has 0 aliphatic carbocycles. The van der Waals surface area contributed by atoms with Crippen molar-refractivity contribution in [1.82, 2.24) is 14.2 Å². The minimum atomic E-state index is -3.92. The topological polar surface area (TPSA) is 104 Å². The van der Waals surface area contributed by atoms with Crippen molar-refractivity contribution >= 4 is 21.2 Å². The predicted octanol–water partition coefficient (Wildman–Crippen LogP) is 1.33. The van der Waals surface area contributed by atoms with Crippen LogP contribution in [0.5, 0.6) is 11.5 Å². The van der Waals surface area contributed by atoms with Crippen molar-refractivity contribution in [3.63, 3.8) is 0 Å². The molecule has 0 spiro atoms. The number of fused-ring (bicyclic) bond motifs is 1. The van der Waals surface area contributed by atoms with E-state index < -0.39 is 10.0 Å². The zero-order valence-corrected chi connectivity index (χ0v) is 15.3. The van der Waals surface area contributed by atoms with Gasteiger partial charge in [-0.25, -0.2) is 13.1 Å². The van der Waals surface area contributed by atoms with Crippen molar-refractivity contribution in [1.29, 1.82) is 0 Å². The highest BCUT2D eigenvalue weighted by Gasteiger charge is 2.19. The Hall–Kier alpha value is -3.01. The third-order valence-corrected chi connectivity index (χ3v) is 5.15. The van der Waals surface area contributed by atoms with Crippen LogP contribution in [-0.4, -0.2) is 36.8 Å². The van der Waals surface area contributed by atoms with Gasteiger partial charge in [0.05, 0.1) is 19.9 Å². The summed E-state index contributed by atoms with van der Waals surface area (Å²) in [7, 11) is -0.976. The van der Waals surface area contributed by atoms with Gasteiger partial charge < -0.3 is 9.47 Å². The maximum atomic E-state index is 12.7. The smallest absolute Gasteiger partial charge is 0.291 e. The fourth-order valence-corrected chi connectivity index (χ4v) is 3.54. The second kappa shape index (κ2) is 6.71. The summed E-state index contributed by atoms with van der Waals surface area (Å²) in [5, 5.41) is 3.97. The van der Waals surface area contributed by atoms with Crippen LogP contribution in [0, 0.1) is 0 Å². The summed E-state index contributed by atoms with van der Waals surface area (Å²) in [5.41, 5.74) is 0.144. The first kappa shape index (κ1) is 17.8. The lowest BCUT2D eigenvalue weighted by molar-refractivity contribution is 0.395. The molecule has 1 aromatic carbocycles. The zero-order valence-electron chi connectivity index (χ0n) is 14.5. The van der Waals surface area contributed by atoms with Crippen LogP contribution in [0.2, 0.25) is 0 Å². The van der Waals surface area contributed by atoms with Gasteiger partial charge in [0, 0.05) is 30.9 Å². The van der Waals surface area contributed by atoms with Crippen molar-refractivity contribution < 1.29 is 17.9 Å². The number of rotatable bonds is 6. The molecule has 2 heterocycles. The van der Waals surface area contributed by atoms with E-state index in [0.717, 1.165) is 0 Å². The first-order valence-electron chi connectivity index (χ1n) is 7.71.